The molecule has 2 N–H and O–H groups in total. The Hall–Kier alpha value is -1.16. The molecule has 0 spiro atoms. The van der Waals surface area contributed by atoms with Gasteiger partial charge < -0.3 is 10.5 Å². The SMILES string of the molecule is CC(=CC(=O)CN)C(=O)OCC(C)(C)C. The monoisotopic (exact) mass is 213 g/mol. The van der Waals surface area contributed by atoms with Gasteiger partial charge >= 0.3 is 5.97 Å². The molecule has 0 aliphatic rings. The van der Waals surface area contributed by atoms with E-state index in [0.717, 1.165) is 0 Å². The molecule has 0 unspecified atom stereocenters. The molecule has 0 bridgehead atoms. The van der Waals surface area contributed by atoms with E-state index < -0.39 is 5.97 Å². The first-order valence-electron chi connectivity index (χ1n) is 4.84. The number of rotatable bonds is 4. The molecule has 0 radical (unpaired) electrons. The number of esters is 1. The fourth-order valence-electron chi connectivity index (χ4n) is 0.755. The summed E-state index contributed by atoms with van der Waals surface area (Å²) in [5.41, 5.74) is 5.33. The van der Waals surface area contributed by atoms with Crippen molar-refractivity contribution in [1.29, 1.82) is 0 Å². The Balaban J connectivity index is 4.23. The molecule has 0 aromatic carbocycles. The summed E-state index contributed by atoms with van der Waals surface area (Å²) in [7, 11) is 0. The third-order valence-corrected chi connectivity index (χ3v) is 1.54. The van der Waals surface area contributed by atoms with Crippen LogP contribution in [0.15, 0.2) is 11.6 Å². The Morgan fingerprint density at radius 1 is 1.33 bits per heavy atom. The van der Waals surface area contributed by atoms with Gasteiger partial charge in [0.15, 0.2) is 5.78 Å². The second kappa shape index (κ2) is 5.66. The Morgan fingerprint density at radius 3 is 2.27 bits per heavy atom. The van der Waals surface area contributed by atoms with Crippen molar-refractivity contribution in [2.24, 2.45) is 11.1 Å². The maximum atomic E-state index is 11.4. The average Bonchev–Trinajstić information content (AvgIpc) is 2.12. The van der Waals surface area contributed by atoms with Gasteiger partial charge in [0.25, 0.3) is 0 Å². The first-order chi connectivity index (χ1) is 6.76. The van der Waals surface area contributed by atoms with E-state index in [4.69, 9.17) is 10.5 Å². The highest BCUT2D eigenvalue weighted by atomic mass is 16.5. The van der Waals surface area contributed by atoms with Crippen LogP contribution < -0.4 is 5.73 Å². The molecule has 0 aromatic heterocycles. The van der Waals surface area contributed by atoms with Crippen molar-refractivity contribution in [1.82, 2.24) is 0 Å². The lowest BCUT2D eigenvalue weighted by atomic mass is 9.99. The van der Waals surface area contributed by atoms with Crippen LogP contribution in [0.1, 0.15) is 27.7 Å². The third kappa shape index (κ3) is 6.85. The van der Waals surface area contributed by atoms with Crippen molar-refractivity contribution in [3.63, 3.8) is 0 Å². The molecule has 0 rings (SSSR count). The molecule has 86 valence electrons. The van der Waals surface area contributed by atoms with E-state index in [1.807, 2.05) is 20.8 Å². The first kappa shape index (κ1) is 13.8. The average molecular weight is 213 g/mol. The summed E-state index contributed by atoms with van der Waals surface area (Å²) >= 11 is 0. The Kier molecular flexibility index (Phi) is 5.22. The van der Waals surface area contributed by atoms with Crippen molar-refractivity contribution in [3.05, 3.63) is 11.6 Å². The molecule has 4 heteroatoms. The molecule has 0 aromatic rings. The van der Waals surface area contributed by atoms with Gasteiger partial charge in [-0.2, -0.15) is 0 Å². The van der Waals surface area contributed by atoms with E-state index in [9.17, 15) is 9.59 Å². The lowest BCUT2D eigenvalue weighted by molar-refractivity contribution is -0.141. The van der Waals surface area contributed by atoms with Crippen LogP contribution in [-0.4, -0.2) is 24.9 Å². The van der Waals surface area contributed by atoms with E-state index in [-0.39, 0.29) is 23.3 Å². The summed E-state index contributed by atoms with van der Waals surface area (Å²) in [4.78, 5) is 22.3. The number of hydrogen-bond donors (Lipinski definition) is 1. The second-order valence-corrected chi connectivity index (χ2v) is 4.63. The van der Waals surface area contributed by atoms with Crippen LogP contribution in [0.3, 0.4) is 0 Å². The zero-order valence-electron chi connectivity index (χ0n) is 9.79. The minimum Gasteiger partial charge on any atom is -0.462 e. The fourth-order valence-corrected chi connectivity index (χ4v) is 0.755. The summed E-state index contributed by atoms with van der Waals surface area (Å²) in [6.45, 7) is 7.66. The van der Waals surface area contributed by atoms with Crippen molar-refractivity contribution in [3.8, 4) is 0 Å². The molecule has 15 heavy (non-hydrogen) atoms. The number of ether oxygens (including phenoxy) is 1. The number of nitrogens with two attached hydrogens (primary N) is 1. The second-order valence-electron chi connectivity index (χ2n) is 4.63. The molecule has 0 fully saturated rings. The van der Waals surface area contributed by atoms with E-state index in [1.165, 1.54) is 6.08 Å². The zero-order chi connectivity index (χ0) is 12.1. The molecular formula is C11H19NO3. The van der Waals surface area contributed by atoms with Crippen LogP contribution in [0.4, 0.5) is 0 Å². The van der Waals surface area contributed by atoms with Gasteiger partial charge in [-0.3, -0.25) is 4.79 Å². The number of carbonyl (C=O) groups excluding carboxylic acids is 2. The van der Waals surface area contributed by atoms with Crippen LogP contribution in [-0.2, 0) is 14.3 Å². The number of hydrogen-bond acceptors (Lipinski definition) is 4. The third-order valence-electron chi connectivity index (χ3n) is 1.54. The van der Waals surface area contributed by atoms with E-state index in [2.05, 4.69) is 0 Å². The highest BCUT2D eigenvalue weighted by Gasteiger charge is 2.14. The lowest BCUT2D eigenvalue weighted by Crippen LogP contribution is -2.19. The molecule has 0 aliphatic carbocycles. The van der Waals surface area contributed by atoms with E-state index in [1.54, 1.807) is 6.92 Å². The molecule has 0 saturated heterocycles. The zero-order valence-corrected chi connectivity index (χ0v) is 9.79. The smallest absolute Gasteiger partial charge is 0.333 e. The van der Waals surface area contributed by atoms with E-state index in [0.29, 0.717) is 6.61 Å². The number of ketones is 1. The van der Waals surface area contributed by atoms with Gasteiger partial charge in [0.2, 0.25) is 0 Å². The predicted molar refractivity (Wildman–Crippen MR) is 58.2 cm³/mol. The van der Waals surface area contributed by atoms with Crippen LogP contribution in [0, 0.1) is 5.41 Å². The van der Waals surface area contributed by atoms with Gasteiger partial charge in [-0.15, -0.1) is 0 Å². The maximum absolute atomic E-state index is 11.4. The quantitative estimate of drug-likeness (QED) is 0.559. The van der Waals surface area contributed by atoms with E-state index >= 15 is 0 Å². The van der Waals surface area contributed by atoms with Crippen LogP contribution in [0.5, 0.6) is 0 Å². The highest BCUT2D eigenvalue weighted by molar-refractivity contribution is 5.99. The molecule has 0 saturated carbocycles. The fraction of sp³-hybridized carbons (Fsp3) is 0.636. The van der Waals surface area contributed by atoms with Gasteiger partial charge in [-0.05, 0) is 18.4 Å². The molecule has 0 heterocycles. The highest BCUT2D eigenvalue weighted by Crippen LogP contribution is 2.13. The van der Waals surface area contributed by atoms with Gasteiger partial charge in [0.1, 0.15) is 0 Å². The molecule has 4 nitrogen and oxygen atoms in total. The lowest BCUT2D eigenvalue weighted by Gasteiger charge is -2.17. The van der Waals surface area contributed by atoms with Crippen LogP contribution in [0.2, 0.25) is 0 Å². The number of carbonyl (C=O) groups is 2. The summed E-state index contributed by atoms with van der Waals surface area (Å²) in [5.74, 6) is -0.744. The van der Waals surface area contributed by atoms with Gasteiger partial charge in [0, 0.05) is 5.57 Å². The Bertz CT molecular complexity index is 274. The minimum atomic E-state index is -0.466. The van der Waals surface area contributed by atoms with Gasteiger partial charge in [-0.1, -0.05) is 20.8 Å². The van der Waals surface area contributed by atoms with Gasteiger partial charge in [-0.25, -0.2) is 4.79 Å². The summed E-state index contributed by atoms with van der Waals surface area (Å²) in [6, 6.07) is 0. The first-order valence-corrected chi connectivity index (χ1v) is 4.84. The maximum Gasteiger partial charge on any atom is 0.333 e. The molecule has 0 amide bonds. The van der Waals surface area contributed by atoms with Crippen molar-refractivity contribution >= 4 is 11.8 Å². The van der Waals surface area contributed by atoms with Crippen molar-refractivity contribution < 1.29 is 14.3 Å². The molecule has 0 aliphatic heterocycles. The van der Waals surface area contributed by atoms with Gasteiger partial charge in [0.05, 0.1) is 13.2 Å². The summed E-state index contributed by atoms with van der Waals surface area (Å²) < 4.78 is 5.01. The Labute approximate surface area is 90.5 Å². The standard InChI is InChI=1S/C11H19NO3/c1-8(5-9(13)6-12)10(14)15-7-11(2,3)4/h5H,6-7,12H2,1-4H3. The summed E-state index contributed by atoms with van der Waals surface area (Å²) in [5, 5.41) is 0. The van der Waals surface area contributed by atoms with Crippen LogP contribution >= 0.6 is 0 Å². The summed E-state index contributed by atoms with van der Waals surface area (Å²) in [6.07, 6.45) is 1.21. The largest absolute Gasteiger partial charge is 0.462 e. The predicted octanol–water partition coefficient (Wildman–Crippen LogP) is 1.05. The normalized spacial score (nSPS) is 12.5. The Morgan fingerprint density at radius 2 is 1.87 bits per heavy atom. The molecule has 0 atom stereocenters. The minimum absolute atomic E-state index is 0.0756. The van der Waals surface area contributed by atoms with Crippen LogP contribution in [0.25, 0.3) is 0 Å². The van der Waals surface area contributed by atoms with Crippen molar-refractivity contribution in [2.75, 3.05) is 13.2 Å². The topological polar surface area (TPSA) is 69.4 Å². The van der Waals surface area contributed by atoms with Crippen molar-refractivity contribution in [2.45, 2.75) is 27.7 Å². The molecular weight excluding hydrogens is 194 g/mol.